The van der Waals surface area contributed by atoms with Crippen LogP contribution in [0.5, 0.6) is 0 Å². The van der Waals surface area contributed by atoms with Crippen molar-refractivity contribution in [2.75, 3.05) is 19.8 Å². The zero-order chi connectivity index (χ0) is 39.9. The molecule has 3 aliphatic heterocycles. The summed E-state index contributed by atoms with van der Waals surface area (Å²) >= 11 is 0. The zero-order valence-electron chi connectivity index (χ0n) is 33.7. The highest BCUT2D eigenvalue weighted by Gasteiger charge is 2.79. The van der Waals surface area contributed by atoms with Crippen molar-refractivity contribution >= 4 is 0 Å². The first-order valence-electron chi connectivity index (χ1n) is 20.9. The predicted molar refractivity (Wildman–Crippen MR) is 197 cm³/mol. The first-order valence-corrected chi connectivity index (χ1v) is 20.9. The number of hydrogen-bond donors (Lipinski definition) is 8. The third-order valence-corrected chi connectivity index (χ3v) is 17.9. The molecular weight excluding hydrogens is 712 g/mol. The zero-order valence-corrected chi connectivity index (χ0v) is 33.7. The summed E-state index contributed by atoms with van der Waals surface area (Å²) in [6.45, 7) is 15.4. The highest BCUT2D eigenvalue weighted by molar-refractivity contribution is 5.36. The number of hydrogen-bond acceptors (Lipinski definition) is 13. The van der Waals surface area contributed by atoms with E-state index < -0.39 is 91.2 Å². The molecule has 13 nitrogen and oxygen atoms in total. The lowest BCUT2D eigenvalue weighted by atomic mass is 9.32. The summed E-state index contributed by atoms with van der Waals surface area (Å²) in [7, 11) is 0. The largest absolute Gasteiger partial charge is 0.396 e. The molecule has 0 aromatic heterocycles. The average molecular weight is 781 g/mol. The fraction of sp³-hybridized carbons (Fsp3) is 0.952. The van der Waals surface area contributed by atoms with E-state index in [1.807, 2.05) is 0 Å². The Kier molecular flexibility index (Phi) is 9.95. The number of fused-ring (bicyclic) bond motifs is 4. The summed E-state index contributed by atoms with van der Waals surface area (Å²) in [5, 5.41) is 87.0. The third kappa shape index (κ3) is 5.44. The lowest BCUT2D eigenvalue weighted by molar-refractivity contribution is -0.367. The van der Waals surface area contributed by atoms with Gasteiger partial charge in [-0.05, 0) is 86.4 Å². The van der Waals surface area contributed by atoms with E-state index in [-0.39, 0.29) is 51.4 Å². The molecule has 5 aliphatic carbocycles. The second-order valence-corrected chi connectivity index (χ2v) is 21.0. The van der Waals surface area contributed by atoms with Gasteiger partial charge in [0.1, 0.15) is 42.7 Å². The maximum atomic E-state index is 12.1. The normalized spacial score (nSPS) is 59.7. The van der Waals surface area contributed by atoms with E-state index in [0.717, 1.165) is 38.5 Å². The Morgan fingerprint density at radius 3 is 2.13 bits per heavy atom. The molecule has 8 rings (SSSR count). The van der Waals surface area contributed by atoms with E-state index in [4.69, 9.17) is 23.7 Å². The lowest BCUT2D eigenvalue weighted by Gasteiger charge is -2.73. The number of allylic oxidation sites excluding steroid dienone is 1. The summed E-state index contributed by atoms with van der Waals surface area (Å²) in [5.74, 6) is 0.449. The molecule has 55 heavy (non-hydrogen) atoms. The van der Waals surface area contributed by atoms with Crippen molar-refractivity contribution < 1.29 is 64.5 Å². The Morgan fingerprint density at radius 1 is 0.727 bits per heavy atom. The van der Waals surface area contributed by atoms with E-state index in [2.05, 4.69) is 53.7 Å². The van der Waals surface area contributed by atoms with E-state index in [9.17, 15) is 40.9 Å². The van der Waals surface area contributed by atoms with Crippen LogP contribution in [0.4, 0.5) is 0 Å². The Bertz CT molecular complexity index is 1490. The topological polar surface area (TPSA) is 208 Å². The van der Waals surface area contributed by atoms with Crippen LogP contribution < -0.4 is 0 Å². The van der Waals surface area contributed by atoms with Crippen molar-refractivity contribution in [3.05, 3.63) is 12.2 Å². The molecule has 8 aliphatic rings. The van der Waals surface area contributed by atoms with Crippen LogP contribution in [-0.2, 0) is 23.7 Å². The molecule has 7 fully saturated rings. The summed E-state index contributed by atoms with van der Waals surface area (Å²) in [5.41, 5.74) is -1.90. The van der Waals surface area contributed by atoms with Gasteiger partial charge in [0.05, 0.1) is 43.7 Å². The Morgan fingerprint density at radius 2 is 1.44 bits per heavy atom. The molecular formula is C42H68O13. The van der Waals surface area contributed by atoms with Gasteiger partial charge in [-0.1, -0.05) is 53.7 Å². The second kappa shape index (κ2) is 13.4. The smallest absolute Gasteiger partial charge is 0.187 e. The van der Waals surface area contributed by atoms with Crippen LogP contribution in [-0.4, -0.2) is 140 Å². The van der Waals surface area contributed by atoms with E-state index >= 15 is 0 Å². The molecule has 3 saturated heterocycles. The van der Waals surface area contributed by atoms with Gasteiger partial charge >= 0.3 is 0 Å². The molecule has 314 valence electrons. The minimum absolute atomic E-state index is 0.0414. The van der Waals surface area contributed by atoms with Gasteiger partial charge in [0.2, 0.25) is 0 Å². The molecule has 0 unspecified atom stereocenters. The van der Waals surface area contributed by atoms with Crippen LogP contribution in [0, 0.1) is 50.2 Å². The van der Waals surface area contributed by atoms with Crippen LogP contribution in [0.3, 0.4) is 0 Å². The van der Waals surface area contributed by atoms with E-state index in [0.29, 0.717) is 19.4 Å². The quantitative estimate of drug-likeness (QED) is 0.143. The fourth-order valence-corrected chi connectivity index (χ4v) is 14.3. The molecule has 4 saturated carbocycles. The number of ether oxygens (including phenoxy) is 5. The van der Waals surface area contributed by atoms with E-state index in [1.54, 1.807) is 6.92 Å². The van der Waals surface area contributed by atoms with Crippen molar-refractivity contribution in [2.24, 2.45) is 50.2 Å². The minimum atomic E-state index is -1.72. The Hall–Kier alpha value is -0.780. The van der Waals surface area contributed by atoms with Crippen molar-refractivity contribution in [2.45, 2.75) is 179 Å². The van der Waals surface area contributed by atoms with Crippen molar-refractivity contribution in [3.63, 3.8) is 0 Å². The number of aliphatic hydroxyl groups excluding tert-OH is 8. The first-order chi connectivity index (χ1) is 25.7. The van der Waals surface area contributed by atoms with Crippen molar-refractivity contribution in [1.29, 1.82) is 0 Å². The lowest BCUT2D eigenvalue weighted by Crippen LogP contribution is -2.72. The summed E-state index contributed by atoms with van der Waals surface area (Å²) in [6.07, 6.45) is -3.39. The summed E-state index contributed by atoms with van der Waals surface area (Å²) in [6, 6.07) is 0. The Balaban J connectivity index is 1.05. The number of aliphatic hydroxyl groups is 8. The first kappa shape index (κ1) is 41.0. The molecule has 0 amide bonds. The maximum absolute atomic E-state index is 12.1. The standard InChI is InChI=1S/C42H68O13/c1-21-28(46)33(55-34-31(49)30(48)29(47)22(18-43)53-34)32(50)35(52-21)54-27-10-11-37(4)23(38(27,5)19-44)8-12-39(6)24(37)9-13-42-25-16-36(2,3)14-15-41(25,20-51-42)26(45)17-40(39,42)7/h9,13,21-35,43-50H,8,10-12,14-20H2,1-7H3/t21-,22-,23-,24-,25+,26+,27+,28+,29-,30-,31-,32-,33-,34+,35+,37+,38+,39-,40+,41-,42+/m1/s1. The summed E-state index contributed by atoms with van der Waals surface area (Å²) < 4.78 is 31.2. The monoisotopic (exact) mass is 780 g/mol. The van der Waals surface area contributed by atoms with Crippen molar-refractivity contribution in [3.8, 4) is 0 Å². The van der Waals surface area contributed by atoms with Gasteiger partial charge < -0.3 is 64.5 Å². The molecule has 2 bridgehead atoms. The second-order valence-electron chi connectivity index (χ2n) is 21.0. The molecule has 13 heteroatoms. The molecule has 0 radical (unpaired) electrons. The summed E-state index contributed by atoms with van der Waals surface area (Å²) in [4.78, 5) is 0. The minimum Gasteiger partial charge on any atom is -0.396 e. The van der Waals surface area contributed by atoms with Crippen LogP contribution in [0.15, 0.2) is 12.2 Å². The molecule has 0 aromatic rings. The van der Waals surface area contributed by atoms with Crippen LogP contribution in [0.25, 0.3) is 0 Å². The predicted octanol–water partition coefficient (Wildman–Crippen LogP) is 1.78. The van der Waals surface area contributed by atoms with Crippen LogP contribution in [0.1, 0.15) is 99.8 Å². The SMILES string of the molecule is C[C@H]1O[C@@H](O[C@H]2CC[C@@]3(C)[C@@H](CC[C@]4(C)[C@@H]3C=C[C@]35OC[C@@]6(CCC(C)(C)C[C@@H]63)[C@@H](O)C[C@]54C)[C@]2(C)CO)[C@H](O)[C@H](O[C@@H]2O[C@H](CO)[C@@H](O)[C@@H](O)[C@H]2O)[C@H]1O. The highest BCUT2D eigenvalue weighted by Crippen LogP contribution is 2.79. The molecule has 0 aromatic carbocycles. The molecule has 8 N–H and O–H groups in total. The Labute approximate surface area is 325 Å². The molecule has 3 heterocycles. The highest BCUT2D eigenvalue weighted by atomic mass is 16.7. The van der Waals surface area contributed by atoms with E-state index in [1.165, 1.54) is 0 Å². The van der Waals surface area contributed by atoms with Crippen molar-refractivity contribution in [1.82, 2.24) is 0 Å². The van der Waals surface area contributed by atoms with Crippen LogP contribution in [0.2, 0.25) is 0 Å². The van der Waals surface area contributed by atoms with Gasteiger partial charge in [0, 0.05) is 22.2 Å². The van der Waals surface area contributed by atoms with Gasteiger partial charge in [-0.2, -0.15) is 0 Å². The third-order valence-electron chi connectivity index (χ3n) is 17.9. The molecule has 1 spiro atoms. The average Bonchev–Trinajstić information content (AvgIpc) is 3.41. The van der Waals surface area contributed by atoms with Crippen LogP contribution >= 0.6 is 0 Å². The van der Waals surface area contributed by atoms with Gasteiger partial charge in [0.15, 0.2) is 12.6 Å². The maximum Gasteiger partial charge on any atom is 0.187 e. The van der Waals surface area contributed by atoms with Gasteiger partial charge in [-0.25, -0.2) is 0 Å². The molecule has 21 atom stereocenters. The van der Waals surface area contributed by atoms with Gasteiger partial charge in [-0.3, -0.25) is 0 Å². The van der Waals surface area contributed by atoms with Gasteiger partial charge in [-0.15, -0.1) is 0 Å². The van der Waals surface area contributed by atoms with Gasteiger partial charge in [0.25, 0.3) is 0 Å². The fourth-order valence-electron chi connectivity index (χ4n) is 14.3. The number of rotatable bonds is 6.